The van der Waals surface area contributed by atoms with Gasteiger partial charge in [0.2, 0.25) is 0 Å². The lowest BCUT2D eigenvalue weighted by molar-refractivity contribution is -0.113. The number of benzene rings is 1. The minimum Gasteiger partial charge on any atom is -0.506 e. The molecule has 0 aliphatic heterocycles. The second-order valence-electron chi connectivity index (χ2n) is 3.71. The Morgan fingerprint density at radius 3 is 2.29 bits per heavy atom. The second kappa shape index (κ2) is 5.99. The van der Waals surface area contributed by atoms with Gasteiger partial charge in [0.15, 0.2) is 5.78 Å². The number of Topliss-reactive ketones (excluding diaryl/α,β-unsaturated/α-hetero) is 1. The first-order valence-electron chi connectivity index (χ1n) is 5.59. The van der Waals surface area contributed by atoms with Gasteiger partial charge >= 0.3 is 0 Å². The van der Waals surface area contributed by atoms with Crippen molar-refractivity contribution in [3.05, 3.63) is 41.5 Å². The lowest BCUT2D eigenvalue weighted by Gasteiger charge is -2.08. The first kappa shape index (κ1) is 13.2. The molecule has 0 aliphatic carbocycles. The maximum atomic E-state index is 11.6. The molecular formula is C14H17NO2. The zero-order valence-corrected chi connectivity index (χ0v) is 10.4. The number of carbonyl (C=O) groups excluding carboxylic acids is 1. The average molecular weight is 231 g/mol. The Balaban J connectivity index is 3.31. The van der Waals surface area contributed by atoms with Crippen LogP contribution in [0.5, 0.6) is 0 Å². The van der Waals surface area contributed by atoms with Crippen molar-refractivity contribution in [2.24, 2.45) is 4.99 Å². The number of nitrogens with zero attached hydrogens (tertiary/aromatic N) is 1. The molecule has 1 rings (SSSR count). The molecule has 0 heterocycles. The minimum atomic E-state index is -0.180. The molecule has 17 heavy (non-hydrogen) atoms. The van der Waals surface area contributed by atoms with Gasteiger partial charge < -0.3 is 5.11 Å². The molecule has 0 saturated heterocycles. The van der Waals surface area contributed by atoms with E-state index in [0.717, 1.165) is 0 Å². The van der Waals surface area contributed by atoms with E-state index in [9.17, 15) is 9.90 Å². The van der Waals surface area contributed by atoms with E-state index in [2.05, 4.69) is 4.99 Å². The summed E-state index contributed by atoms with van der Waals surface area (Å²) in [6, 6.07) is 9.01. The number of carbonyl (C=O) groups is 1. The number of rotatable bonds is 4. The lowest BCUT2D eigenvalue weighted by Crippen LogP contribution is -2.10. The van der Waals surface area contributed by atoms with Crippen LogP contribution in [0.4, 0.5) is 0 Å². The number of hydrogen-bond donors (Lipinski definition) is 1. The van der Waals surface area contributed by atoms with Gasteiger partial charge in [-0.15, -0.1) is 0 Å². The van der Waals surface area contributed by atoms with Gasteiger partial charge in [0.25, 0.3) is 0 Å². The van der Waals surface area contributed by atoms with Crippen LogP contribution in [0.3, 0.4) is 0 Å². The van der Waals surface area contributed by atoms with Crippen LogP contribution in [0.2, 0.25) is 0 Å². The van der Waals surface area contributed by atoms with Crippen molar-refractivity contribution in [3.8, 4) is 0 Å². The standard InChI is InChI=1S/C14H17NO2/c1-4-15-10(2)13(11(3)16)14(17)12-8-6-5-7-9-12/h5-9,17H,4H2,1-3H3/b14-13+,15-10?. The zero-order chi connectivity index (χ0) is 12.8. The van der Waals surface area contributed by atoms with Crippen molar-refractivity contribution in [1.82, 2.24) is 0 Å². The van der Waals surface area contributed by atoms with Crippen molar-refractivity contribution in [3.63, 3.8) is 0 Å². The molecule has 0 spiro atoms. The normalized spacial score (nSPS) is 13.2. The first-order chi connectivity index (χ1) is 8.07. The molecule has 3 heteroatoms. The number of hydrogen-bond acceptors (Lipinski definition) is 3. The predicted octanol–water partition coefficient (Wildman–Crippen LogP) is 3.03. The van der Waals surface area contributed by atoms with Crippen molar-refractivity contribution in [1.29, 1.82) is 0 Å². The van der Waals surface area contributed by atoms with Crippen molar-refractivity contribution < 1.29 is 9.90 Å². The van der Waals surface area contributed by atoms with E-state index in [1.807, 2.05) is 25.1 Å². The van der Waals surface area contributed by atoms with Crippen LogP contribution in [0.25, 0.3) is 5.76 Å². The molecule has 1 N–H and O–H groups in total. The molecule has 0 saturated carbocycles. The van der Waals surface area contributed by atoms with Crippen LogP contribution in [-0.4, -0.2) is 23.1 Å². The summed E-state index contributed by atoms with van der Waals surface area (Å²) >= 11 is 0. The third-order valence-electron chi connectivity index (χ3n) is 2.39. The number of ketones is 1. The number of aliphatic imine (C=N–C) groups is 1. The van der Waals surface area contributed by atoms with Crippen molar-refractivity contribution >= 4 is 17.3 Å². The molecule has 0 atom stereocenters. The molecule has 0 radical (unpaired) electrons. The Morgan fingerprint density at radius 2 is 1.82 bits per heavy atom. The molecule has 90 valence electrons. The zero-order valence-electron chi connectivity index (χ0n) is 10.4. The summed E-state index contributed by atoms with van der Waals surface area (Å²) < 4.78 is 0. The predicted molar refractivity (Wildman–Crippen MR) is 70.3 cm³/mol. The van der Waals surface area contributed by atoms with Crippen LogP contribution in [0.15, 0.2) is 40.9 Å². The topological polar surface area (TPSA) is 49.7 Å². The Morgan fingerprint density at radius 1 is 1.24 bits per heavy atom. The van der Waals surface area contributed by atoms with E-state index in [-0.39, 0.29) is 17.1 Å². The lowest BCUT2D eigenvalue weighted by atomic mass is 10.0. The molecule has 3 nitrogen and oxygen atoms in total. The quantitative estimate of drug-likeness (QED) is 0.492. The summed E-state index contributed by atoms with van der Waals surface area (Å²) in [5.74, 6) is -0.186. The molecular weight excluding hydrogens is 214 g/mol. The second-order valence-corrected chi connectivity index (χ2v) is 3.71. The number of aliphatic hydroxyl groups excluding tert-OH is 1. The van der Waals surface area contributed by atoms with Gasteiger partial charge in [-0.25, -0.2) is 0 Å². The fraction of sp³-hybridized carbons (Fsp3) is 0.286. The molecule has 0 aromatic heterocycles. The maximum Gasteiger partial charge on any atom is 0.165 e. The summed E-state index contributed by atoms with van der Waals surface area (Å²) in [6.07, 6.45) is 0. The van der Waals surface area contributed by atoms with E-state index in [0.29, 0.717) is 17.8 Å². The van der Waals surface area contributed by atoms with E-state index in [1.54, 1.807) is 19.1 Å². The fourth-order valence-electron chi connectivity index (χ4n) is 1.65. The van der Waals surface area contributed by atoms with Gasteiger partial charge in [-0.2, -0.15) is 0 Å². The maximum absolute atomic E-state index is 11.6. The molecule has 0 bridgehead atoms. The molecule has 1 aromatic carbocycles. The first-order valence-corrected chi connectivity index (χ1v) is 5.59. The van der Waals surface area contributed by atoms with Crippen LogP contribution in [-0.2, 0) is 4.79 Å². The van der Waals surface area contributed by atoms with Gasteiger partial charge in [0, 0.05) is 17.8 Å². The smallest absolute Gasteiger partial charge is 0.165 e. The number of allylic oxidation sites excluding steroid dienone is 1. The summed E-state index contributed by atoms with van der Waals surface area (Å²) in [7, 11) is 0. The van der Waals surface area contributed by atoms with E-state index < -0.39 is 0 Å². The van der Waals surface area contributed by atoms with Gasteiger partial charge in [-0.1, -0.05) is 30.3 Å². The fourth-order valence-corrected chi connectivity index (χ4v) is 1.65. The van der Waals surface area contributed by atoms with Crippen molar-refractivity contribution in [2.45, 2.75) is 20.8 Å². The summed E-state index contributed by atoms with van der Waals surface area (Å²) in [6.45, 7) is 5.65. The van der Waals surface area contributed by atoms with E-state index in [4.69, 9.17) is 0 Å². The van der Waals surface area contributed by atoms with E-state index in [1.165, 1.54) is 6.92 Å². The Kier molecular flexibility index (Phi) is 4.64. The third-order valence-corrected chi connectivity index (χ3v) is 2.39. The monoisotopic (exact) mass is 231 g/mol. The minimum absolute atomic E-state index is 0.00667. The Bertz CT molecular complexity index is 458. The van der Waals surface area contributed by atoms with Crippen molar-refractivity contribution in [2.75, 3.05) is 6.54 Å². The Hall–Kier alpha value is -1.90. The molecule has 0 fully saturated rings. The van der Waals surface area contributed by atoms with Crippen LogP contribution < -0.4 is 0 Å². The van der Waals surface area contributed by atoms with E-state index >= 15 is 0 Å². The van der Waals surface area contributed by atoms with Gasteiger partial charge in [0.1, 0.15) is 5.76 Å². The molecule has 0 aliphatic rings. The third kappa shape index (κ3) is 3.28. The van der Waals surface area contributed by atoms with Gasteiger partial charge in [-0.3, -0.25) is 9.79 Å². The highest BCUT2D eigenvalue weighted by atomic mass is 16.3. The molecule has 0 unspecified atom stereocenters. The summed E-state index contributed by atoms with van der Waals surface area (Å²) in [4.78, 5) is 15.7. The van der Waals surface area contributed by atoms with Gasteiger partial charge in [0.05, 0.1) is 5.57 Å². The highest BCUT2D eigenvalue weighted by Gasteiger charge is 2.15. The largest absolute Gasteiger partial charge is 0.506 e. The number of aliphatic hydroxyl groups is 1. The Labute approximate surface area is 102 Å². The van der Waals surface area contributed by atoms with Crippen LogP contribution >= 0.6 is 0 Å². The van der Waals surface area contributed by atoms with Crippen LogP contribution in [0.1, 0.15) is 26.3 Å². The molecule has 1 aromatic rings. The summed E-state index contributed by atoms with van der Waals surface area (Å²) in [5, 5.41) is 10.1. The summed E-state index contributed by atoms with van der Waals surface area (Å²) in [5.41, 5.74) is 1.49. The SMILES string of the molecule is CCN=C(C)/C(C(C)=O)=C(\O)c1ccccc1. The van der Waals surface area contributed by atoms with Crippen LogP contribution in [0, 0.1) is 0 Å². The van der Waals surface area contributed by atoms with Gasteiger partial charge in [-0.05, 0) is 20.8 Å². The highest BCUT2D eigenvalue weighted by Crippen LogP contribution is 2.17. The highest BCUT2D eigenvalue weighted by molar-refractivity contribution is 6.24. The molecule has 0 amide bonds. The average Bonchev–Trinajstić information content (AvgIpc) is 2.30.